The third-order valence-electron chi connectivity index (χ3n) is 5.10. The first-order chi connectivity index (χ1) is 11.7. The van der Waals surface area contributed by atoms with Crippen molar-refractivity contribution in [2.24, 2.45) is 0 Å². The van der Waals surface area contributed by atoms with Crippen LogP contribution in [0.2, 0.25) is 0 Å². The van der Waals surface area contributed by atoms with Gasteiger partial charge in [0.05, 0.1) is 11.1 Å². The first-order valence-electron chi connectivity index (χ1n) is 8.43. The topological polar surface area (TPSA) is 54.2 Å². The van der Waals surface area contributed by atoms with Crippen LogP contribution < -0.4 is 0 Å². The fourth-order valence-electron chi connectivity index (χ4n) is 3.67. The molecule has 0 radical (unpaired) electrons. The average Bonchev–Trinajstić information content (AvgIpc) is 3.03. The fourth-order valence-corrected chi connectivity index (χ4v) is 3.67. The highest BCUT2D eigenvalue weighted by Crippen LogP contribution is 2.38. The molecule has 5 nitrogen and oxygen atoms in total. The lowest BCUT2D eigenvalue weighted by Crippen LogP contribution is -2.49. The van der Waals surface area contributed by atoms with Gasteiger partial charge in [-0.1, -0.05) is 47.7 Å². The van der Waals surface area contributed by atoms with E-state index in [9.17, 15) is 5.11 Å². The maximum atomic E-state index is 11.5. The summed E-state index contributed by atoms with van der Waals surface area (Å²) in [6.45, 7) is 1.76. The quantitative estimate of drug-likeness (QED) is 0.805. The number of benzene rings is 2. The summed E-state index contributed by atoms with van der Waals surface area (Å²) in [6.07, 6.45) is 1.44. The number of hydrogen-bond donors (Lipinski definition) is 1. The van der Waals surface area contributed by atoms with Crippen LogP contribution in [0.1, 0.15) is 24.4 Å². The minimum absolute atomic E-state index is 0.236. The molecule has 4 rings (SSSR count). The highest BCUT2D eigenvalue weighted by Gasteiger charge is 2.42. The van der Waals surface area contributed by atoms with Crippen molar-refractivity contribution < 1.29 is 5.11 Å². The van der Waals surface area contributed by atoms with Gasteiger partial charge in [0.1, 0.15) is 11.6 Å². The van der Waals surface area contributed by atoms with E-state index >= 15 is 0 Å². The molecule has 24 heavy (non-hydrogen) atoms. The van der Waals surface area contributed by atoms with Crippen LogP contribution in [0.5, 0.6) is 0 Å². The lowest BCUT2D eigenvalue weighted by atomic mass is 9.81. The van der Waals surface area contributed by atoms with Crippen LogP contribution in [-0.4, -0.2) is 50.7 Å². The second-order valence-electron chi connectivity index (χ2n) is 6.74. The summed E-state index contributed by atoms with van der Waals surface area (Å²) in [7, 11) is 2.10. The summed E-state index contributed by atoms with van der Waals surface area (Å²) in [5.74, 6) is 0. The lowest BCUT2D eigenvalue weighted by molar-refractivity contribution is -0.0482. The molecule has 124 valence electrons. The Bertz CT molecular complexity index is 822. The van der Waals surface area contributed by atoms with Crippen molar-refractivity contribution in [3.63, 3.8) is 0 Å². The highest BCUT2D eigenvalue weighted by atomic mass is 16.3. The molecule has 1 fully saturated rings. The van der Waals surface area contributed by atoms with Crippen LogP contribution in [0.3, 0.4) is 0 Å². The van der Waals surface area contributed by atoms with E-state index in [1.54, 1.807) is 0 Å². The molecule has 0 saturated carbocycles. The summed E-state index contributed by atoms with van der Waals surface area (Å²) in [4.78, 5) is 2.26. The Hall–Kier alpha value is -2.24. The standard InChI is InChI=1S/C19H22N4O/c1-22-13-11-19(24,12-14-22)18(15-7-3-2-4-8-15)23-17-10-6-5-9-16(17)20-21-23/h2-10,18,24H,11-14H2,1H3/t18-/m1/s1. The number of aliphatic hydroxyl groups is 1. The molecule has 2 heterocycles. The van der Waals surface area contributed by atoms with Gasteiger partial charge < -0.3 is 10.0 Å². The molecule has 3 aromatic rings. The highest BCUT2D eigenvalue weighted by molar-refractivity contribution is 5.74. The number of nitrogens with zero attached hydrogens (tertiary/aromatic N) is 4. The third kappa shape index (κ3) is 2.60. The Kier molecular flexibility index (Phi) is 3.82. The minimum Gasteiger partial charge on any atom is -0.387 e. The van der Waals surface area contributed by atoms with E-state index in [1.807, 2.05) is 47.1 Å². The van der Waals surface area contributed by atoms with Gasteiger partial charge in [-0.2, -0.15) is 0 Å². The average molecular weight is 322 g/mol. The number of piperidine rings is 1. The summed E-state index contributed by atoms with van der Waals surface area (Å²) in [5, 5.41) is 20.2. The van der Waals surface area contributed by atoms with E-state index in [0.29, 0.717) is 0 Å². The molecule has 0 bridgehead atoms. The smallest absolute Gasteiger partial charge is 0.113 e. The molecule has 1 N–H and O–H groups in total. The van der Waals surface area contributed by atoms with Crippen molar-refractivity contribution in [3.8, 4) is 0 Å². The largest absolute Gasteiger partial charge is 0.387 e. The van der Waals surface area contributed by atoms with Crippen molar-refractivity contribution >= 4 is 11.0 Å². The Labute approximate surface area is 141 Å². The van der Waals surface area contributed by atoms with Gasteiger partial charge >= 0.3 is 0 Å². The normalized spacial score (nSPS) is 19.4. The molecule has 0 amide bonds. The van der Waals surface area contributed by atoms with Crippen LogP contribution in [0, 0.1) is 0 Å². The molecule has 0 aliphatic carbocycles. The van der Waals surface area contributed by atoms with E-state index in [0.717, 1.165) is 42.5 Å². The van der Waals surface area contributed by atoms with Gasteiger partial charge in [-0.15, -0.1) is 5.10 Å². The van der Waals surface area contributed by atoms with Crippen molar-refractivity contribution in [1.29, 1.82) is 0 Å². The number of rotatable bonds is 3. The molecular formula is C19H22N4O. The second kappa shape index (κ2) is 6.00. The summed E-state index contributed by atoms with van der Waals surface area (Å²) < 4.78 is 1.90. The second-order valence-corrected chi connectivity index (χ2v) is 6.74. The van der Waals surface area contributed by atoms with Gasteiger partial charge in [0.15, 0.2) is 0 Å². The van der Waals surface area contributed by atoms with Gasteiger partial charge in [-0.25, -0.2) is 4.68 Å². The number of para-hydroxylation sites is 1. The Balaban J connectivity index is 1.85. The van der Waals surface area contributed by atoms with Gasteiger partial charge in [-0.3, -0.25) is 0 Å². The zero-order valence-electron chi connectivity index (χ0n) is 13.8. The van der Waals surface area contributed by atoms with Crippen molar-refractivity contribution in [3.05, 3.63) is 60.2 Å². The molecule has 1 aromatic heterocycles. The van der Waals surface area contributed by atoms with E-state index in [2.05, 4.69) is 34.4 Å². The SMILES string of the molecule is CN1CCC(O)([C@@H](c2ccccc2)n2nnc3ccccc32)CC1. The third-order valence-corrected chi connectivity index (χ3v) is 5.10. The maximum absolute atomic E-state index is 11.5. The van der Waals surface area contributed by atoms with Crippen LogP contribution in [0.15, 0.2) is 54.6 Å². The first kappa shape index (κ1) is 15.3. The van der Waals surface area contributed by atoms with Crippen molar-refractivity contribution in [2.45, 2.75) is 24.5 Å². The summed E-state index contributed by atoms with van der Waals surface area (Å²) >= 11 is 0. The first-order valence-corrected chi connectivity index (χ1v) is 8.43. The number of likely N-dealkylation sites (tertiary alicyclic amines) is 1. The molecule has 1 atom stereocenters. The van der Waals surface area contributed by atoms with E-state index in [1.165, 1.54) is 0 Å². The molecule has 2 aromatic carbocycles. The maximum Gasteiger partial charge on any atom is 0.113 e. The van der Waals surface area contributed by atoms with Gasteiger partial charge in [0.2, 0.25) is 0 Å². The molecule has 5 heteroatoms. The number of hydrogen-bond acceptors (Lipinski definition) is 4. The molecule has 0 unspecified atom stereocenters. The van der Waals surface area contributed by atoms with Crippen molar-refractivity contribution in [2.75, 3.05) is 20.1 Å². The predicted molar refractivity (Wildman–Crippen MR) is 93.8 cm³/mol. The molecule has 1 aliphatic heterocycles. The lowest BCUT2D eigenvalue weighted by Gasteiger charge is -2.42. The van der Waals surface area contributed by atoms with E-state index in [-0.39, 0.29) is 6.04 Å². The Morgan fingerprint density at radius 2 is 1.67 bits per heavy atom. The predicted octanol–water partition coefficient (Wildman–Crippen LogP) is 2.48. The van der Waals surface area contributed by atoms with Crippen LogP contribution in [0.25, 0.3) is 11.0 Å². The van der Waals surface area contributed by atoms with Crippen LogP contribution >= 0.6 is 0 Å². The summed E-state index contributed by atoms with van der Waals surface area (Å²) in [6, 6.07) is 17.8. The Morgan fingerprint density at radius 1 is 1.00 bits per heavy atom. The van der Waals surface area contributed by atoms with Crippen molar-refractivity contribution in [1.82, 2.24) is 19.9 Å². The summed E-state index contributed by atoms with van der Waals surface area (Å²) in [5.41, 5.74) is 2.05. The zero-order valence-corrected chi connectivity index (χ0v) is 13.8. The minimum atomic E-state index is -0.829. The van der Waals surface area contributed by atoms with Gasteiger partial charge in [0.25, 0.3) is 0 Å². The van der Waals surface area contributed by atoms with E-state index < -0.39 is 5.60 Å². The van der Waals surface area contributed by atoms with Crippen LogP contribution in [-0.2, 0) is 0 Å². The van der Waals surface area contributed by atoms with Gasteiger partial charge in [-0.05, 0) is 37.6 Å². The fraction of sp³-hybridized carbons (Fsp3) is 0.368. The number of aromatic nitrogens is 3. The molecule has 1 aliphatic rings. The van der Waals surface area contributed by atoms with E-state index in [4.69, 9.17) is 0 Å². The molecule has 1 saturated heterocycles. The molecule has 0 spiro atoms. The Morgan fingerprint density at radius 3 is 2.42 bits per heavy atom. The van der Waals surface area contributed by atoms with Gasteiger partial charge in [0, 0.05) is 13.1 Å². The van der Waals surface area contributed by atoms with Crippen LogP contribution in [0.4, 0.5) is 0 Å². The zero-order chi connectivity index (χ0) is 16.6. The number of fused-ring (bicyclic) bond motifs is 1. The monoisotopic (exact) mass is 322 g/mol. The molecular weight excluding hydrogens is 300 g/mol.